The molecular weight excluding hydrogens is 532 g/mol. The minimum Gasteiger partial charge on any atom is -0.508 e. The lowest BCUT2D eigenvalue weighted by molar-refractivity contribution is -0.0353. The molecule has 2 aromatic carbocycles. The summed E-state index contributed by atoms with van der Waals surface area (Å²) in [5.41, 5.74) is 2.87. The minimum absolute atomic E-state index is 0.0636. The summed E-state index contributed by atoms with van der Waals surface area (Å²) in [5, 5.41) is 21.0. The number of hydrogen-bond donors (Lipinski definition) is 2. The molecule has 0 amide bonds. The van der Waals surface area contributed by atoms with Crippen molar-refractivity contribution in [3.05, 3.63) is 65.2 Å². The van der Waals surface area contributed by atoms with E-state index in [9.17, 15) is 15.0 Å². The Morgan fingerprint density at radius 2 is 1.52 bits per heavy atom. The number of fused-ring (bicyclic) bond motifs is 5. The van der Waals surface area contributed by atoms with E-state index >= 15 is 0 Å². The van der Waals surface area contributed by atoms with Gasteiger partial charge in [-0.2, -0.15) is 0 Å². The zero-order valence-corrected chi connectivity index (χ0v) is 25.0. The Labute approximate surface area is 250 Å². The topological polar surface area (TPSA) is 94.5 Å². The Hall–Kier alpha value is -2.29. The summed E-state index contributed by atoms with van der Waals surface area (Å²) >= 11 is 0. The van der Waals surface area contributed by atoms with E-state index in [1.165, 1.54) is 0 Å². The summed E-state index contributed by atoms with van der Waals surface area (Å²) in [6, 6.07) is 15.5. The Morgan fingerprint density at radius 1 is 0.833 bits per heavy atom. The molecule has 5 rings (SSSR count). The van der Waals surface area contributed by atoms with Crippen LogP contribution in [0.1, 0.15) is 79.3 Å². The summed E-state index contributed by atoms with van der Waals surface area (Å²) in [5.74, 6) is 1.22. The van der Waals surface area contributed by atoms with Crippen LogP contribution in [0, 0.1) is 23.2 Å². The van der Waals surface area contributed by atoms with E-state index in [2.05, 4.69) is 6.92 Å². The average molecular weight is 581 g/mol. The second-order valence-corrected chi connectivity index (χ2v) is 12.5. The number of aromatic hydroxyl groups is 1. The fourth-order valence-electron chi connectivity index (χ4n) is 7.86. The molecule has 6 unspecified atom stereocenters. The molecule has 0 spiro atoms. The van der Waals surface area contributed by atoms with Gasteiger partial charge in [0.2, 0.25) is 0 Å². The van der Waals surface area contributed by atoms with Crippen LogP contribution in [0.25, 0.3) is 0 Å². The number of ether oxygens (including phenoxy) is 4. The number of carbonyl (C=O) groups is 1. The smallest absolute Gasteiger partial charge is 0.166 e. The molecule has 2 fully saturated rings. The van der Waals surface area contributed by atoms with Gasteiger partial charge in [-0.1, -0.05) is 49.7 Å². The molecule has 0 radical (unpaired) electrons. The third kappa shape index (κ3) is 7.25. The number of phenols is 1. The number of hydrogen-bond acceptors (Lipinski definition) is 7. The number of rotatable bonds is 16. The van der Waals surface area contributed by atoms with E-state index in [4.69, 9.17) is 18.9 Å². The van der Waals surface area contributed by atoms with Crippen LogP contribution in [-0.2, 0) is 25.6 Å². The number of Topliss-reactive ketones (excluding diaryl/α,β-unsaturated/α-hetero) is 1. The van der Waals surface area contributed by atoms with Gasteiger partial charge in [0.15, 0.2) is 5.78 Å². The molecule has 0 heterocycles. The molecular formula is C35H48O7. The summed E-state index contributed by atoms with van der Waals surface area (Å²) in [4.78, 5) is 13.8. The van der Waals surface area contributed by atoms with Gasteiger partial charge >= 0.3 is 0 Å². The highest BCUT2D eigenvalue weighted by atomic mass is 16.6. The molecule has 0 bridgehead atoms. The van der Waals surface area contributed by atoms with Crippen molar-refractivity contribution >= 4 is 5.78 Å². The molecule has 0 saturated heterocycles. The first kappa shape index (κ1) is 31.1. The number of phenolic OH excluding ortho intramolecular Hbond substituents is 1. The zero-order chi connectivity index (χ0) is 29.4. The molecule has 42 heavy (non-hydrogen) atoms. The van der Waals surface area contributed by atoms with Crippen LogP contribution in [-0.4, -0.2) is 68.3 Å². The summed E-state index contributed by atoms with van der Waals surface area (Å²) in [7, 11) is 0. The lowest BCUT2D eigenvalue weighted by Crippen LogP contribution is -2.49. The van der Waals surface area contributed by atoms with E-state index in [-0.39, 0.29) is 34.9 Å². The van der Waals surface area contributed by atoms with Crippen LogP contribution in [0.4, 0.5) is 0 Å². The molecule has 2 N–H and O–H groups in total. The van der Waals surface area contributed by atoms with Crippen LogP contribution in [0.5, 0.6) is 5.75 Å². The first-order valence-corrected chi connectivity index (χ1v) is 15.9. The summed E-state index contributed by atoms with van der Waals surface area (Å²) in [6.07, 6.45) is 6.17. The van der Waals surface area contributed by atoms with Crippen LogP contribution in [0.3, 0.4) is 0 Å². The highest BCUT2D eigenvalue weighted by Gasteiger charge is 2.58. The molecule has 2 aromatic rings. The quantitative estimate of drug-likeness (QED) is 0.238. The number of benzene rings is 2. The van der Waals surface area contributed by atoms with E-state index in [1.54, 1.807) is 12.1 Å². The highest BCUT2D eigenvalue weighted by Crippen LogP contribution is 2.62. The van der Waals surface area contributed by atoms with E-state index in [1.807, 2.05) is 36.4 Å². The van der Waals surface area contributed by atoms with Gasteiger partial charge in [0.1, 0.15) is 5.75 Å². The predicted molar refractivity (Wildman–Crippen MR) is 161 cm³/mol. The normalized spacial score (nSPS) is 28.3. The van der Waals surface area contributed by atoms with E-state index in [0.717, 1.165) is 56.1 Å². The number of unbranched alkanes of at least 4 members (excludes halogenated alkanes) is 1. The second-order valence-electron chi connectivity index (χ2n) is 12.5. The Morgan fingerprint density at radius 3 is 2.26 bits per heavy atom. The number of aliphatic hydroxyl groups excluding tert-OH is 1. The van der Waals surface area contributed by atoms with Gasteiger partial charge in [-0.3, -0.25) is 4.79 Å². The van der Waals surface area contributed by atoms with Gasteiger partial charge in [0.05, 0.1) is 52.4 Å². The molecule has 7 nitrogen and oxygen atoms in total. The second kappa shape index (κ2) is 14.9. The van der Waals surface area contributed by atoms with Crippen LogP contribution in [0.15, 0.2) is 48.5 Å². The van der Waals surface area contributed by atoms with Crippen molar-refractivity contribution in [2.45, 2.75) is 70.5 Å². The average Bonchev–Trinajstić information content (AvgIpc) is 3.30. The fraction of sp³-hybridized carbons (Fsp3) is 0.629. The Balaban J connectivity index is 0.975. The van der Waals surface area contributed by atoms with Crippen molar-refractivity contribution in [2.24, 2.45) is 23.2 Å². The fourth-order valence-corrected chi connectivity index (χ4v) is 7.86. The molecule has 2 saturated carbocycles. The van der Waals surface area contributed by atoms with Gasteiger partial charge in [0.25, 0.3) is 0 Å². The lowest BCUT2D eigenvalue weighted by atomic mass is 9.51. The molecule has 6 atom stereocenters. The third-order valence-corrected chi connectivity index (χ3v) is 10.1. The zero-order valence-electron chi connectivity index (χ0n) is 25.0. The summed E-state index contributed by atoms with van der Waals surface area (Å²) in [6.45, 7) is 6.71. The van der Waals surface area contributed by atoms with Crippen LogP contribution >= 0.6 is 0 Å². The van der Waals surface area contributed by atoms with Gasteiger partial charge in [-0.15, -0.1) is 0 Å². The van der Waals surface area contributed by atoms with Gasteiger partial charge in [-0.05, 0) is 85.0 Å². The number of ketones is 1. The van der Waals surface area contributed by atoms with Crippen molar-refractivity contribution in [3.8, 4) is 5.75 Å². The maximum atomic E-state index is 13.8. The Bertz CT molecular complexity index is 1140. The summed E-state index contributed by atoms with van der Waals surface area (Å²) < 4.78 is 22.6. The lowest BCUT2D eigenvalue weighted by Gasteiger charge is -2.52. The monoisotopic (exact) mass is 580 g/mol. The maximum Gasteiger partial charge on any atom is 0.166 e. The van der Waals surface area contributed by atoms with Crippen molar-refractivity contribution in [2.75, 3.05) is 46.2 Å². The maximum absolute atomic E-state index is 13.8. The molecule has 0 aromatic heterocycles. The SMILES string of the molecule is CC12CCC3c4ccc(O)cc4C(=O)C(CCCCOCCOCCOCCOCc4ccccc4)C3C1CCC2O. The van der Waals surface area contributed by atoms with Gasteiger partial charge < -0.3 is 29.2 Å². The first-order chi connectivity index (χ1) is 20.5. The highest BCUT2D eigenvalue weighted by molar-refractivity contribution is 6.01. The molecule has 3 aliphatic rings. The van der Waals surface area contributed by atoms with Crippen LogP contribution < -0.4 is 0 Å². The van der Waals surface area contributed by atoms with E-state index in [0.29, 0.717) is 70.3 Å². The number of aliphatic hydroxyl groups is 1. The molecule has 7 heteroatoms. The molecule has 3 aliphatic carbocycles. The van der Waals surface area contributed by atoms with Crippen molar-refractivity contribution in [3.63, 3.8) is 0 Å². The van der Waals surface area contributed by atoms with Crippen LogP contribution in [0.2, 0.25) is 0 Å². The Kier molecular flexibility index (Phi) is 11.1. The van der Waals surface area contributed by atoms with Gasteiger partial charge in [-0.25, -0.2) is 0 Å². The third-order valence-electron chi connectivity index (χ3n) is 10.1. The van der Waals surface area contributed by atoms with Crippen molar-refractivity contribution in [1.82, 2.24) is 0 Å². The molecule has 230 valence electrons. The standard InChI is InChI=1S/C35H48O7/c1-35-15-14-28-27-11-10-26(36)23-30(27)34(38)29(33(28)31(35)12-13-32(35)37)9-5-6-16-39-17-18-40-19-20-41-21-22-42-24-25-7-3-2-4-8-25/h2-4,7-8,10-11,23,28-29,31-33,36-37H,5-6,9,12-22,24H2,1H3. The minimum atomic E-state index is -0.276. The largest absolute Gasteiger partial charge is 0.508 e. The van der Waals surface area contributed by atoms with Crippen molar-refractivity contribution in [1.29, 1.82) is 0 Å². The molecule has 0 aliphatic heterocycles. The predicted octanol–water partition coefficient (Wildman–Crippen LogP) is 5.91. The van der Waals surface area contributed by atoms with Crippen molar-refractivity contribution < 1.29 is 34.0 Å². The van der Waals surface area contributed by atoms with E-state index < -0.39 is 0 Å². The first-order valence-electron chi connectivity index (χ1n) is 15.9. The van der Waals surface area contributed by atoms with Gasteiger partial charge in [0, 0.05) is 18.1 Å². The number of carbonyl (C=O) groups excluding carboxylic acids is 1.